The van der Waals surface area contributed by atoms with Gasteiger partial charge in [0.25, 0.3) is 0 Å². The van der Waals surface area contributed by atoms with Crippen molar-refractivity contribution in [2.24, 2.45) is 10.4 Å². The van der Waals surface area contributed by atoms with Gasteiger partial charge in [-0.25, -0.2) is 0 Å². The lowest BCUT2D eigenvalue weighted by Gasteiger charge is -2.40. The van der Waals surface area contributed by atoms with Crippen LogP contribution in [0.25, 0.3) is 0 Å². The Labute approximate surface area is 189 Å². The van der Waals surface area contributed by atoms with Crippen LogP contribution >= 0.6 is 24.0 Å². The molecule has 0 spiro atoms. The van der Waals surface area contributed by atoms with Crippen LogP contribution in [0.4, 0.5) is 0 Å². The van der Waals surface area contributed by atoms with Crippen LogP contribution < -0.4 is 10.6 Å². The lowest BCUT2D eigenvalue weighted by atomic mass is 9.83. The van der Waals surface area contributed by atoms with Crippen LogP contribution in [0.3, 0.4) is 0 Å². The second kappa shape index (κ2) is 13.2. The van der Waals surface area contributed by atoms with Crippen molar-refractivity contribution in [3.63, 3.8) is 0 Å². The Bertz CT molecular complexity index is 448. The van der Waals surface area contributed by atoms with E-state index in [0.29, 0.717) is 5.41 Å². The van der Waals surface area contributed by atoms with Gasteiger partial charge >= 0.3 is 0 Å². The largest absolute Gasteiger partial charge is 0.382 e. The number of ether oxygens (including phenoxy) is 2. The van der Waals surface area contributed by atoms with E-state index in [4.69, 9.17) is 14.5 Å². The number of rotatable bonds is 10. The summed E-state index contributed by atoms with van der Waals surface area (Å²) >= 11 is 0. The molecule has 0 aromatic rings. The Kier molecular flexibility index (Phi) is 12.3. The third-order valence-electron chi connectivity index (χ3n) is 6.11. The average molecular weight is 511 g/mol. The molecule has 2 N–H and O–H groups in total. The minimum absolute atomic E-state index is 0. The summed E-state index contributed by atoms with van der Waals surface area (Å²) in [5.41, 5.74) is 0.414. The first-order valence-electron chi connectivity index (χ1n) is 10.9. The highest BCUT2D eigenvalue weighted by molar-refractivity contribution is 14.0. The maximum atomic E-state index is 5.64. The normalized spacial score (nSPS) is 20.6. The molecular formula is C21H43IN4O2. The molecule has 1 aliphatic heterocycles. The van der Waals surface area contributed by atoms with Crippen LogP contribution in [0.1, 0.15) is 59.8 Å². The van der Waals surface area contributed by atoms with Crippen LogP contribution in [0, 0.1) is 5.41 Å². The van der Waals surface area contributed by atoms with E-state index in [0.717, 1.165) is 71.5 Å². The van der Waals surface area contributed by atoms with Crippen molar-refractivity contribution >= 4 is 29.9 Å². The van der Waals surface area contributed by atoms with Gasteiger partial charge in [0.05, 0.1) is 19.8 Å². The summed E-state index contributed by atoms with van der Waals surface area (Å²) in [6.07, 6.45) is 6.42. The second-order valence-corrected chi connectivity index (χ2v) is 8.61. The highest BCUT2D eigenvalue weighted by Crippen LogP contribution is 2.40. The molecule has 0 amide bonds. The van der Waals surface area contributed by atoms with E-state index in [1.165, 1.54) is 25.7 Å². The fourth-order valence-electron chi connectivity index (χ4n) is 4.23. The van der Waals surface area contributed by atoms with Crippen LogP contribution in [0.5, 0.6) is 0 Å². The molecule has 1 aliphatic carbocycles. The minimum atomic E-state index is 0. The van der Waals surface area contributed by atoms with Crippen molar-refractivity contribution in [3.05, 3.63) is 0 Å². The molecule has 0 bridgehead atoms. The molecule has 28 heavy (non-hydrogen) atoms. The van der Waals surface area contributed by atoms with Crippen molar-refractivity contribution in [2.45, 2.75) is 65.3 Å². The van der Waals surface area contributed by atoms with Gasteiger partial charge in [-0.15, -0.1) is 24.0 Å². The first kappa shape index (κ1) is 25.9. The summed E-state index contributed by atoms with van der Waals surface area (Å²) in [6, 6.07) is 0. The smallest absolute Gasteiger partial charge is 0.191 e. The highest BCUT2D eigenvalue weighted by atomic mass is 127. The molecule has 2 aliphatic rings. The van der Waals surface area contributed by atoms with E-state index < -0.39 is 0 Å². The summed E-state index contributed by atoms with van der Waals surface area (Å²) in [6.45, 7) is 16.8. The monoisotopic (exact) mass is 510 g/mol. The average Bonchev–Trinajstić information content (AvgIpc) is 3.14. The van der Waals surface area contributed by atoms with Crippen molar-refractivity contribution in [3.8, 4) is 0 Å². The molecule has 0 radical (unpaired) electrons. The standard InChI is InChI=1S/C21H42N4O2.HI/c1-5-22-19(23-17-20(3,4)25-12-15-27-16-13-25)24-18-21(9-7-8-10-21)11-14-26-6-2;/h5-18H2,1-4H3,(H2,22,23,24);1H. The van der Waals surface area contributed by atoms with Gasteiger partial charge in [-0.05, 0) is 52.4 Å². The third kappa shape index (κ3) is 8.32. The molecule has 1 heterocycles. The summed E-state index contributed by atoms with van der Waals surface area (Å²) in [7, 11) is 0. The van der Waals surface area contributed by atoms with Crippen molar-refractivity contribution in [1.82, 2.24) is 15.5 Å². The number of aliphatic imine (C=N–C) groups is 1. The predicted octanol–water partition coefficient (Wildman–Crippen LogP) is 3.26. The number of nitrogens with one attached hydrogen (secondary N) is 2. The van der Waals surface area contributed by atoms with Crippen LogP contribution in [0.2, 0.25) is 0 Å². The topological polar surface area (TPSA) is 58.1 Å². The molecule has 1 saturated heterocycles. The number of morpholine rings is 1. The zero-order valence-corrected chi connectivity index (χ0v) is 20.8. The van der Waals surface area contributed by atoms with E-state index in [-0.39, 0.29) is 29.5 Å². The SMILES string of the molecule is CCNC(=NCC(C)(C)N1CCOCC1)NCC1(CCOCC)CCCC1.I. The maximum absolute atomic E-state index is 5.64. The lowest BCUT2D eigenvalue weighted by Crippen LogP contribution is -2.52. The lowest BCUT2D eigenvalue weighted by molar-refractivity contribution is -0.00684. The number of guanidine groups is 1. The van der Waals surface area contributed by atoms with E-state index in [2.05, 4.69) is 43.2 Å². The highest BCUT2D eigenvalue weighted by Gasteiger charge is 2.34. The molecule has 166 valence electrons. The molecule has 2 fully saturated rings. The van der Waals surface area contributed by atoms with E-state index in [1.54, 1.807) is 0 Å². The zero-order valence-electron chi connectivity index (χ0n) is 18.5. The van der Waals surface area contributed by atoms with Crippen molar-refractivity contribution in [1.29, 1.82) is 0 Å². The maximum Gasteiger partial charge on any atom is 0.191 e. The van der Waals surface area contributed by atoms with Crippen LogP contribution in [-0.2, 0) is 9.47 Å². The summed E-state index contributed by atoms with van der Waals surface area (Å²) in [5, 5.41) is 7.08. The van der Waals surface area contributed by atoms with Crippen LogP contribution in [-0.4, -0.2) is 75.5 Å². The van der Waals surface area contributed by atoms with E-state index in [1.807, 2.05) is 0 Å². The van der Waals surface area contributed by atoms with Crippen molar-refractivity contribution < 1.29 is 9.47 Å². The molecule has 6 nitrogen and oxygen atoms in total. The minimum Gasteiger partial charge on any atom is -0.382 e. The van der Waals surface area contributed by atoms with E-state index >= 15 is 0 Å². The van der Waals surface area contributed by atoms with Gasteiger partial charge in [0, 0.05) is 44.9 Å². The molecule has 1 saturated carbocycles. The molecule has 2 rings (SSSR count). The van der Waals surface area contributed by atoms with Gasteiger partial charge in [-0.2, -0.15) is 0 Å². The van der Waals surface area contributed by atoms with Gasteiger partial charge < -0.3 is 20.1 Å². The quantitative estimate of drug-likeness (QED) is 0.205. The first-order valence-corrected chi connectivity index (χ1v) is 10.9. The fraction of sp³-hybridized carbons (Fsp3) is 0.952. The van der Waals surface area contributed by atoms with Gasteiger partial charge in [-0.3, -0.25) is 9.89 Å². The molecule has 0 unspecified atom stereocenters. The Balaban J connectivity index is 0.00000392. The predicted molar refractivity (Wildman–Crippen MR) is 128 cm³/mol. The molecular weight excluding hydrogens is 467 g/mol. The van der Waals surface area contributed by atoms with Gasteiger partial charge in [0.2, 0.25) is 0 Å². The van der Waals surface area contributed by atoms with Gasteiger partial charge in [-0.1, -0.05) is 12.8 Å². The van der Waals surface area contributed by atoms with Crippen molar-refractivity contribution in [2.75, 3.05) is 59.2 Å². The Morgan fingerprint density at radius 2 is 1.82 bits per heavy atom. The first-order chi connectivity index (χ1) is 13.0. The number of hydrogen-bond donors (Lipinski definition) is 2. The molecule has 0 aromatic carbocycles. The van der Waals surface area contributed by atoms with Crippen LogP contribution in [0.15, 0.2) is 4.99 Å². The Morgan fingerprint density at radius 3 is 2.43 bits per heavy atom. The van der Waals surface area contributed by atoms with Gasteiger partial charge in [0.15, 0.2) is 5.96 Å². The molecule has 0 atom stereocenters. The summed E-state index contributed by atoms with van der Waals surface area (Å²) in [5.74, 6) is 0.946. The summed E-state index contributed by atoms with van der Waals surface area (Å²) < 4.78 is 11.1. The Hall–Kier alpha value is -0.120. The molecule has 0 aromatic heterocycles. The van der Waals surface area contributed by atoms with E-state index in [9.17, 15) is 0 Å². The number of nitrogens with zero attached hydrogens (tertiary/aromatic N) is 2. The third-order valence-corrected chi connectivity index (χ3v) is 6.11. The fourth-order valence-corrected chi connectivity index (χ4v) is 4.23. The second-order valence-electron chi connectivity index (χ2n) is 8.61. The molecule has 7 heteroatoms. The number of hydrogen-bond acceptors (Lipinski definition) is 4. The Morgan fingerprint density at radius 1 is 1.14 bits per heavy atom. The summed E-state index contributed by atoms with van der Waals surface area (Å²) in [4.78, 5) is 7.42. The zero-order chi connectivity index (χ0) is 19.6. The van der Waals surface area contributed by atoms with Gasteiger partial charge in [0.1, 0.15) is 0 Å². The number of halogens is 1.